The summed E-state index contributed by atoms with van der Waals surface area (Å²) in [6.45, 7) is 3.83. The van der Waals surface area contributed by atoms with Gasteiger partial charge in [0.15, 0.2) is 0 Å². The van der Waals surface area contributed by atoms with Gasteiger partial charge in [-0.1, -0.05) is 17.7 Å². The molecule has 0 spiro atoms. The fraction of sp³-hybridized carbons (Fsp3) is 0.294. The average Bonchev–Trinajstić information content (AvgIpc) is 3.19. The minimum Gasteiger partial charge on any atom is -0.453 e. The van der Waals surface area contributed by atoms with Gasteiger partial charge in [0.05, 0.1) is 5.69 Å². The molecular formula is C17H18N4O3S. The third kappa shape index (κ3) is 4.08. The van der Waals surface area contributed by atoms with E-state index in [0.29, 0.717) is 23.4 Å². The molecule has 25 heavy (non-hydrogen) atoms. The van der Waals surface area contributed by atoms with Gasteiger partial charge in [0.1, 0.15) is 18.2 Å². The Bertz CT molecular complexity index is 888. The number of aryl methyl sites for hydroxylation is 2. The quantitative estimate of drug-likeness (QED) is 0.494. The van der Waals surface area contributed by atoms with Gasteiger partial charge in [-0.15, -0.1) is 22.0 Å². The summed E-state index contributed by atoms with van der Waals surface area (Å²) < 4.78 is 12.4. The van der Waals surface area contributed by atoms with E-state index in [1.54, 1.807) is 6.07 Å². The number of ether oxygens (including phenoxy) is 1. The highest BCUT2D eigenvalue weighted by Crippen LogP contribution is 2.25. The minimum absolute atomic E-state index is 0.00804. The lowest BCUT2D eigenvalue weighted by Gasteiger charge is -2.05. The van der Waals surface area contributed by atoms with Gasteiger partial charge in [0.2, 0.25) is 5.89 Å². The van der Waals surface area contributed by atoms with Gasteiger partial charge in [-0.2, -0.15) is 5.10 Å². The third-order valence-corrected chi connectivity index (χ3v) is 3.78. The van der Waals surface area contributed by atoms with Crippen molar-refractivity contribution < 1.29 is 13.9 Å². The summed E-state index contributed by atoms with van der Waals surface area (Å²) in [5, 5.41) is 12.5. The minimum atomic E-state index is -0.364. The zero-order valence-electron chi connectivity index (χ0n) is 14.2. The van der Waals surface area contributed by atoms with Crippen LogP contribution in [0.1, 0.15) is 11.3 Å². The van der Waals surface area contributed by atoms with Crippen LogP contribution in [0, 0.1) is 13.8 Å². The number of aromatic nitrogens is 4. The van der Waals surface area contributed by atoms with Crippen LogP contribution in [0.2, 0.25) is 0 Å². The first kappa shape index (κ1) is 17.2. The van der Waals surface area contributed by atoms with Crippen LogP contribution in [0.15, 0.2) is 34.7 Å². The zero-order chi connectivity index (χ0) is 17.8. The normalized spacial score (nSPS) is 10.8. The van der Waals surface area contributed by atoms with Crippen molar-refractivity contribution >= 4 is 17.7 Å². The highest BCUT2D eigenvalue weighted by Gasteiger charge is 2.18. The van der Waals surface area contributed by atoms with Crippen molar-refractivity contribution in [2.45, 2.75) is 20.4 Å². The first-order valence-electron chi connectivity index (χ1n) is 7.67. The molecule has 2 heterocycles. The molecule has 0 radical (unpaired) electrons. The fourth-order valence-corrected chi connectivity index (χ4v) is 2.60. The zero-order valence-corrected chi connectivity index (χ0v) is 15.0. The largest absolute Gasteiger partial charge is 0.453 e. The van der Waals surface area contributed by atoms with E-state index in [2.05, 4.69) is 15.3 Å². The number of carbonyl (C=O) groups excluding carboxylic acids is 1. The number of hydrogen-bond donors (Lipinski definition) is 0. The van der Waals surface area contributed by atoms with Crippen LogP contribution >= 0.6 is 11.8 Å². The van der Waals surface area contributed by atoms with Crippen LogP contribution in [0.25, 0.3) is 23.0 Å². The van der Waals surface area contributed by atoms with E-state index in [0.717, 1.165) is 16.8 Å². The summed E-state index contributed by atoms with van der Waals surface area (Å²) in [4.78, 5) is 11.9. The van der Waals surface area contributed by atoms with Crippen LogP contribution < -0.4 is 0 Å². The van der Waals surface area contributed by atoms with Crippen LogP contribution in [0.3, 0.4) is 0 Å². The number of benzene rings is 1. The van der Waals surface area contributed by atoms with Crippen molar-refractivity contribution in [3.63, 3.8) is 0 Å². The Morgan fingerprint density at radius 1 is 1.24 bits per heavy atom. The van der Waals surface area contributed by atoms with E-state index < -0.39 is 0 Å². The Morgan fingerprint density at radius 2 is 2.04 bits per heavy atom. The van der Waals surface area contributed by atoms with Gasteiger partial charge in [0.25, 0.3) is 5.89 Å². The predicted molar refractivity (Wildman–Crippen MR) is 94.9 cm³/mol. The second-order valence-electron chi connectivity index (χ2n) is 5.53. The van der Waals surface area contributed by atoms with E-state index in [-0.39, 0.29) is 12.5 Å². The van der Waals surface area contributed by atoms with Crippen molar-refractivity contribution in [1.29, 1.82) is 0 Å². The number of nitrogens with zero attached hydrogens (tertiary/aromatic N) is 4. The first-order chi connectivity index (χ1) is 12.1. The van der Waals surface area contributed by atoms with E-state index in [4.69, 9.17) is 9.15 Å². The van der Waals surface area contributed by atoms with Gasteiger partial charge in [-0.25, -0.2) is 4.68 Å². The average molecular weight is 358 g/mol. The van der Waals surface area contributed by atoms with Gasteiger partial charge in [-0.3, -0.25) is 4.79 Å². The maximum Gasteiger partial charge on any atom is 0.328 e. The lowest BCUT2D eigenvalue weighted by molar-refractivity contribution is -0.142. The fourth-order valence-electron chi connectivity index (χ4n) is 2.35. The van der Waals surface area contributed by atoms with Crippen molar-refractivity contribution in [1.82, 2.24) is 20.0 Å². The van der Waals surface area contributed by atoms with Gasteiger partial charge < -0.3 is 9.15 Å². The number of esters is 1. The Morgan fingerprint density at radius 3 is 2.80 bits per heavy atom. The molecule has 0 aliphatic rings. The maximum atomic E-state index is 11.9. The Balaban J connectivity index is 1.86. The standard InChI is InChI=1S/C17H18N4O3S/c1-11-5-4-6-13(7-11)16-18-19-17(24-16)14-8-12(2)20-21(14)9-15(22)23-10-25-3/h4-8H,9-10H2,1-3H3. The molecule has 0 N–H and O–H groups in total. The van der Waals surface area contributed by atoms with E-state index in [9.17, 15) is 4.79 Å². The molecule has 1 aromatic carbocycles. The lowest BCUT2D eigenvalue weighted by atomic mass is 10.1. The molecule has 0 bridgehead atoms. The molecular weight excluding hydrogens is 340 g/mol. The Hall–Kier alpha value is -2.61. The summed E-state index contributed by atoms with van der Waals surface area (Å²) in [5.74, 6) is 0.688. The van der Waals surface area contributed by atoms with Gasteiger partial charge in [0, 0.05) is 5.56 Å². The highest BCUT2D eigenvalue weighted by atomic mass is 32.2. The molecule has 0 fully saturated rings. The predicted octanol–water partition coefficient (Wildman–Crippen LogP) is 3.08. The van der Waals surface area contributed by atoms with Crippen LogP contribution in [0.5, 0.6) is 0 Å². The molecule has 0 atom stereocenters. The second kappa shape index (κ2) is 7.52. The molecule has 0 saturated heterocycles. The molecule has 0 amide bonds. The molecule has 0 unspecified atom stereocenters. The van der Waals surface area contributed by atoms with Crippen LogP contribution in [0.4, 0.5) is 0 Å². The SMILES string of the molecule is CSCOC(=O)Cn1nc(C)cc1-c1nnc(-c2cccc(C)c2)o1. The van der Waals surface area contributed by atoms with E-state index in [1.807, 2.05) is 44.4 Å². The Labute approximate surface area is 149 Å². The molecule has 130 valence electrons. The number of hydrogen-bond acceptors (Lipinski definition) is 7. The molecule has 0 aliphatic carbocycles. The number of thioether (sulfide) groups is 1. The molecule has 8 heteroatoms. The Kier molecular flexibility index (Phi) is 5.18. The second-order valence-corrected chi connectivity index (χ2v) is 6.35. The summed E-state index contributed by atoms with van der Waals surface area (Å²) in [6.07, 6.45) is 1.86. The van der Waals surface area contributed by atoms with Crippen LogP contribution in [-0.4, -0.2) is 38.1 Å². The van der Waals surface area contributed by atoms with Gasteiger partial charge >= 0.3 is 5.97 Å². The molecule has 3 aromatic rings. The highest BCUT2D eigenvalue weighted by molar-refractivity contribution is 7.98. The molecule has 0 saturated carbocycles. The number of carbonyl (C=O) groups is 1. The molecule has 0 aliphatic heterocycles. The first-order valence-corrected chi connectivity index (χ1v) is 9.06. The van der Waals surface area contributed by atoms with Gasteiger partial charge in [-0.05, 0) is 38.3 Å². The summed E-state index contributed by atoms with van der Waals surface area (Å²) in [5.41, 5.74) is 3.29. The molecule has 7 nitrogen and oxygen atoms in total. The lowest BCUT2D eigenvalue weighted by Crippen LogP contribution is -2.15. The molecule has 2 aromatic heterocycles. The summed E-state index contributed by atoms with van der Waals surface area (Å²) >= 11 is 1.43. The van der Waals surface area contributed by atoms with Crippen LogP contribution in [-0.2, 0) is 16.1 Å². The van der Waals surface area contributed by atoms with Crippen molar-refractivity contribution in [3.8, 4) is 23.0 Å². The van der Waals surface area contributed by atoms with Crippen molar-refractivity contribution in [2.24, 2.45) is 0 Å². The molecule has 3 rings (SSSR count). The topological polar surface area (TPSA) is 83.0 Å². The number of rotatable bonds is 6. The van der Waals surface area contributed by atoms with E-state index >= 15 is 0 Å². The summed E-state index contributed by atoms with van der Waals surface area (Å²) in [7, 11) is 0. The summed E-state index contributed by atoms with van der Waals surface area (Å²) in [6, 6.07) is 9.62. The monoisotopic (exact) mass is 358 g/mol. The third-order valence-electron chi connectivity index (χ3n) is 3.43. The maximum absolute atomic E-state index is 11.9. The van der Waals surface area contributed by atoms with E-state index in [1.165, 1.54) is 16.4 Å². The van der Waals surface area contributed by atoms with Crippen molar-refractivity contribution in [2.75, 3.05) is 12.2 Å². The van der Waals surface area contributed by atoms with Crippen molar-refractivity contribution in [3.05, 3.63) is 41.6 Å². The smallest absolute Gasteiger partial charge is 0.328 e.